The first-order valence-electron chi connectivity index (χ1n) is 9.37. The van der Waals surface area contributed by atoms with Gasteiger partial charge < -0.3 is 9.80 Å². The summed E-state index contributed by atoms with van der Waals surface area (Å²) in [6, 6.07) is 7.46. The van der Waals surface area contributed by atoms with Crippen molar-refractivity contribution in [3.63, 3.8) is 0 Å². The van der Waals surface area contributed by atoms with Crippen molar-refractivity contribution in [3.8, 4) is 0 Å². The molecule has 3 fully saturated rings. The Morgan fingerprint density at radius 3 is 2.84 bits per heavy atom. The number of rotatable bonds is 4. The van der Waals surface area contributed by atoms with Crippen molar-refractivity contribution in [3.05, 3.63) is 34.9 Å². The van der Waals surface area contributed by atoms with Crippen LogP contribution in [-0.4, -0.2) is 47.8 Å². The quantitative estimate of drug-likeness (QED) is 0.827. The summed E-state index contributed by atoms with van der Waals surface area (Å²) in [5.41, 5.74) is 0.612. The van der Waals surface area contributed by atoms with Gasteiger partial charge in [-0.15, -0.1) is 0 Å². The summed E-state index contributed by atoms with van der Waals surface area (Å²) < 4.78 is 0. The molecule has 1 saturated carbocycles. The lowest BCUT2D eigenvalue weighted by molar-refractivity contribution is -0.146. The molecule has 2 heterocycles. The van der Waals surface area contributed by atoms with Crippen LogP contribution in [0.25, 0.3) is 0 Å². The predicted octanol–water partition coefficient (Wildman–Crippen LogP) is 3.13. The van der Waals surface area contributed by atoms with E-state index in [2.05, 4.69) is 4.90 Å². The fourth-order valence-corrected chi connectivity index (χ4v) is 4.55. The third-order valence-corrected chi connectivity index (χ3v) is 6.19. The molecule has 4 rings (SSSR count). The van der Waals surface area contributed by atoms with Gasteiger partial charge in [-0.25, -0.2) is 0 Å². The summed E-state index contributed by atoms with van der Waals surface area (Å²) in [5.74, 6) is 1.12. The second-order valence-corrected chi connectivity index (χ2v) is 8.39. The molecular weight excluding hydrogens is 336 g/mol. The lowest BCUT2D eigenvalue weighted by atomic mass is 9.78. The summed E-state index contributed by atoms with van der Waals surface area (Å²) in [6.45, 7) is 3.11. The zero-order chi connectivity index (χ0) is 17.4. The summed E-state index contributed by atoms with van der Waals surface area (Å²) in [4.78, 5) is 29.7. The van der Waals surface area contributed by atoms with Gasteiger partial charge in [-0.2, -0.15) is 0 Å². The lowest BCUT2D eigenvalue weighted by Gasteiger charge is -2.39. The molecule has 1 unspecified atom stereocenters. The SMILES string of the molecule is O=C(Cc1cccc(Cl)c1)N1CCC2(CCCN(CC3CC3)C2=O)C1. The van der Waals surface area contributed by atoms with E-state index in [1.54, 1.807) is 0 Å². The van der Waals surface area contributed by atoms with Gasteiger partial charge in [-0.1, -0.05) is 23.7 Å². The number of nitrogens with zero attached hydrogens (tertiary/aromatic N) is 2. The van der Waals surface area contributed by atoms with Gasteiger partial charge in [0.05, 0.1) is 11.8 Å². The molecule has 1 aromatic rings. The van der Waals surface area contributed by atoms with Crippen molar-refractivity contribution >= 4 is 23.4 Å². The molecule has 1 aliphatic carbocycles. The minimum absolute atomic E-state index is 0.103. The molecule has 4 nitrogen and oxygen atoms in total. The molecule has 1 atom stereocenters. The van der Waals surface area contributed by atoms with E-state index in [0.29, 0.717) is 30.4 Å². The van der Waals surface area contributed by atoms with Crippen molar-refractivity contribution in [2.24, 2.45) is 11.3 Å². The minimum atomic E-state index is -0.322. The Morgan fingerprint density at radius 1 is 1.24 bits per heavy atom. The molecule has 0 aromatic heterocycles. The predicted molar refractivity (Wildman–Crippen MR) is 97.3 cm³/mol. The van der Waals surface area contributed by atoms with Crippen LogP contribution in [0.4, 0.5) is 0 Å². The van der Waals surface area contributed by atoms with Crippen LogP contribution in [0.3, 0.4) is 0 Å². The number of benzene rings is 1. The Kier molecular flexibility index (Phi) is 4.48. The average Bonchev–Trinajstić information content (AvgIpc) is 3.30. The van der Waals surface area contributed by atoms with Crippen LogP contribution < -0.4 is 0 Å². The van der Waals surface area contributed by atoms with Gasteiger partial charge in [0.2, 0.25) is 11.8 Å². The van der Waals surface area contributed by atoms with Crippen molar-refractivity contribution in [2.75, 3.05) is 26.2 Å². The van der Waals surface area contributed by atoms with E-state index in [4.69, 9.17) is 11.6 Å². The fourth-order valence-electron chi connectivity index (χ4n) is 4.34. The van der Waals surface area contributed by atoms with Gasteiger partial charge in [0.1, 0.15) is 0 Å². The standard InChI is InChI=1S/C20H25ClN2O2/c21-17-4-1-3-16(11-17)12-18(24)23-10-8-20(14-23)7-2-9-22(19(20)25)13-15-5-6-15/h1,3-4,11,15H,2,5-10,12-14H2. The van der Waals surface area contributed by atoms with Gasteiger partial charge in [0, 0.05) is 31.2 Å². The highest BCUT2D eigenvalue weighted by molar-refractivity contribution is 6.30. The highest BCUT2D eigenvalue weighted by Crippen LogP contribution is 2.41. The first-order chi connectivity index (χ1) is 12.1. The molecule has 134 valence electrons. The maximum absolute atomic E-state index is 13.1. The highest BCUT2D eigenvalue weighted by Gasteiger charge is 2.49. The number of carbonyl (C=O) groups excluding carboxylic acids is 2. The number of hydrogen-bond acceptors (Lipinski definition) is 2. The van der Waals surface area contributed by atoms with Gasteiger partial charge in [-0.05, 0) is 55.7 Å². The highest BCUT2D eigenvalue weighted by atomic mass is 35.5. The van der Waals surface area contributed by atoms with Gasteiger partial charge >= 0.3 is 0 Å². The Hall–Kier alpha value is -1.55. The number of halogens is 1. The molecule has 0 N–H and O–H groups in total. The monoisotopic (exact) mass is 360 g/mol. The van der Waals surface area contributed by atoms with Crippen molar-refractivity contribution in [1.29, 1.82) is 0 Å². The van der Waals surface area contributed by atoms with Crippen LogP contribution in [0.2, 0.25) is 5.02 Å². The number of piperidine rings is 1. The second-order valence-electron chi connectivity index (χ2n) is 7.95. The van der Waals surface area contributed by atoms with Gasteiger partial charge in [0.25, 0.3) is 0 Å². The van der Waals surface area contributed by atoms with Gasteiger partial charge in [-0.3, -0.25) is 9.59 Å². The molecule has 5 heteroatoms. The van der Waals surface area contributed by atoms with E-state index in [1.807, 2.05) is 29.2 Å². The van der Waals surface area contributed by atoms with Gasteiger partial charge in [0.15, 0.2) is 0 Å². The number of carbonyl (C=O) groups is 2. The van der Waals surface area contributed by atoms with Crippen molar-refractivity contribution in [1.82, 2.24) is 9.80 Å². The maximum Gasteiger partial charge on any atom is 0.230 e. The largest absolute Gasteiger partial charge is 0.342 e. The van der Waals surface area contributed by atoms with Crippen molar-refractivity contribution in [2.45, 2.75) is 38.5 Å². The number of likely N-dealkylation sites (tertiary alicyclic amines) is 2. The molecular formula is C20H25ClN2O2. The lowest BCUT2D eigenvalue weighted by Crippen LogP contribution is -2.51. The van der Waals surface area contributed by atoms with E-state index < -0.39 is 0 Å². The van der Waals surface area contributed by atoms with E-state index in [0.717, 1.165) is 43.8 Å². The fraction of sp³-hybridized carbons (Fsp3) is 0.600. The van der Waals surface area contributed by atoms with E-state index in [-0.39, 0.29) is 11.3 Å². The van der Waals surface area contributed by atoms with Crippen molar-refractivity contribution < 1.29 is 9.59 Å². The van der Waals surface area contributed by atoms with Crippen LogP contribution in [0.15, 0.2) is 24.3 Å². The molecule has 1 spiro atoms. The molecule has 2 saturated heterocycles. The van der Waals surface area contributed by atoms with Crippen LogP contribution in [0, 0.1) is 11.3 Å². The molecule has 0 radical (unpaired) electrons. The minimum Gasteiger partial charge on any atom is -0.342 e. The molecule has 3 aliphatic rings. The summed E-state index contributed by atoms with van der Waals surface area (Å²) in [5, 5.41) is 0.654. The molecule has 0 bridgehead atoms. The van der Waals surface area contributed by atoms with E-state index in [9.17, 15) is 9.59 Å². The van der Waals surface area contributed by atoms with Crippen LogP contribution in [-0.2, 0) is 16.0 Å². The topological polar surface area (TPSA) is 40.6 Å². The zero-order valence-electron chi connectivity index (χ0n) is 14.5. The smallest absolute Gasteiger partial charge is 0.230 e. The Morgan fingerprint density at radius 2 is 2.08 bits per heavy atom. The van der Waals surface area contributed by atoms with E-state index >= 15 is 0 Å². The third-order valence-electron chi connectivity index (χ3n) is 5.95. The summed E-state index contributed by atoms with van der Waals surface area (Å²) in [6.07, 6.45) is 5.69. The second kappa shape index (κ2) is 6.64. The third kappa shape index (κ3) is 3.55. The number of amides is 2. The normalized spacial score (nSPS) is 26.5. The molecule has 2 amide bonds. The molecule has 1 aromatic carbocycles. The Labute approximate surface area is 154 Å². The Balaban J connectivity index is 1.41. The van der Waals surface area contributed by atoms with Crippen LogP contribution in [0.5, 0.6) is 0 Å². The first-order valence-corrected chi connectivity index (χ1v) is 9.75. The summed E-state index contributed by atoms with van der Waals surface area (Å²) >= 11 is 6.01. The van der Waals surface area contributed by atoms with E-state index in [1.165, 1.54) is 12.8 Å². The molecule has 2 aliphatic heterocycles. The first kappa shape index (κ1) is 16.9. The zero-order valence-corrected chi connectivity index (χ0v) is 15.3. The maximum atomic E-state index is 13.1. The van der Waals surface area contributed by atoms with Crippen LogP contribution in [0.1, 0.15) is 37.7 Å². The summed E-state index contributed by atoms with van der Waals surface area (Å²) in [7, 11) is 0. The average molecular weight is 361 g/mol. The number of hydrogen-bond donors (Lipinski definition) is 0. The molecule has 25 heavy (non-hydrogen) atoms. The Bertz CT molecular complexity index is 688. The van der Waals surface area contributed by atoms with Crippen LogP contribution >= 0.6 is 11.6 Å².